The molecule has 3 heterocycles. The van der Waals surface area contributed by atoms with Crippen LogP contribution in [0.25, 0.3) is 22.3 Å². The SMILES string of the molecule is CCOC(=O)CCCCOc1ccccc1C(Cn1c(=O)c(-c2cccc(OC)c2F)c(C)n(Cc2c(F)cccc2C(F)(F)F)c1=O)NC.CCOC(=O)CCCCOc1ccccc1C(Cn1c(=O)c(Br)c(C)n(Cc2c(F)cccc2C(F)(F)F)c1=O)NC.COc1cccc(-c2c(C)n(Cc3c(F)cccc3C(F)(F)F)c(=O)n(CC(N)c3ccccc3OCCCCC(=O)O)c2=O)c1F. The third-order valence-electron chi connectivity index (χ3n) is 22.6. The Morgan fingerprint density at radius 3 is 1.05 bits per heavy atom. The normalized spacial score (nSPS) is 12.2. The van der Waals surface area contributed by atoms with Gasteiger partial charge in [0.2, 0.25) is 0 Å². The van der Waals surface area contributed by atoms with Gasteiger partial charge in [0.1, 0.15) is 39.2 Å². The Balaban J connectivity index is 0.000000234. The maximum absolute atomic E-state index is 15.7. The molecule has 11 aromatic rings. The van der Waals surface area contributed by atoms with Crippen molar-refractivity contribution >= 4 is 33.8 Å². The van der Waals surface area contributed by atoms with Gasteiger partial charge in [0.15, 0.2) is 23.1 Å². The number of benzene rings is 8. The Hall–Kier alpha value is -13.4. The lowest BCUT2D eigenvalue weighted by atomic mass is 10.0. The number of hydrogen-bond acceptors (Lipinski definition) is 19. The molecule has 0 amide bonds. The summed E-state index contributed by atoms with van der Waals surface area (Å²) in [5, 5.41) is 15.0. The highest BCUT2D eigenvalue weighted by Crippen LogP contribution is 2.40. The molecule has 746 valence electrons. The highest BCUT2D eigenvalue weighted by atomic mass is 79.9. The summed E-state index contributed by atoms with van der Waals surface area (Å²) in [4.78, 5) is 117. The van der Waals surface area contributed by atoms with Crippen LogP contribution in [0, 0.1) is 49.9 Å². The third-order valence-corrected chi connectivity index (χ3v) is 23.5. The van der Waals surface area contributed by atoms with E-state index >= 15 is 13.2 Å². The van der Waals surface area contributed by atoms with Gasteiger partial charge >= 0.3 is 53.5 Å². The predicted molar refractivity (Wildman–Crippen MR) is 491 cm³/mol. The fourth-order valence-corrected chi connectivity index (χ4v) is 15.8. The van der Waals surface area contributed by atoms with Gasteiger partial charge in [-0.25, -0.2) is 36.3 Å². The second kappa shape index (κ2) is 49.7. The molecule has 5 N–H and O–H groups in total. The Morgan fingerprint density at radius 2 is 0.712 bits per heavy atom. The van der Waals surface area contributed by atoms with Gasteiger partial charge < -0.3 is 54.6 Å². The van der Waals surface area contributed by atoms with Crippen LogP contribution in [0.2, 0.25) is 0 Å². The van der Waals surface area contributed by atoms with Gasteiger partial charge in [-0.05, 0) is 170 Å². The molecule has 3 atom stereocenters. The van der Waals surface area contributed by atoms with Crippen molar-refractivity contribution in [2.75, 3.05) is 61.3 Å². The summed E-state index contributed by atoms with van der Waals surface area (Å²) in [5.74, 6) is -6.21. The van der Waals surface area contributed by atoms with E-state index in [1.807, 2.05) is 0 Å². The van der Waals surface area contributed by atoms with Gasteiger partial charge in [0, 0.05) is 80.9 Å². The number of aromatic nitrogens is 6. The van der Waals surface area contributed by atoms with Gasteiger partial charge in [-0.15, -0.1) is 0 Å². The van der Waals surface area contributed by atoms with Gasteiger partial charge in [0.05, 0.1) is 132 Å². The summed E-state index contributed by atoms with van der Waals surface area (Å²) < 4.78 is 243. The quantitative estimate of drug-likeness (QED) is 0.0157. The minimum absolute atomic E-state index is 0.0343. The molecule has 0 bridgehead atoms. The molecule has 8 aromatic carbocycles. The number of alkyl halides is 9. The molecule has 3 aromatic heterocycles. The van der Waals surface area contributed by atoms with Crippen molar-refractivity contribution < 1.29 is 114 Å². The van der Waals surface area contributed by atoms with Crippen LogP contribution in [0.15, 0.2) is 197 Å². The van der Waals surface area contributed by atoms with Crippen LogP contribution >= 0.6 is 15.9 Å². The largest absolute Gasteiger partial charge is 0.494 e. The maximum Gasteiger partial charge on any atom is 0.416 e. The topological polar surface area (TPSA) is 318 Å². The van der Waals surface area contributed by atoms with Crippen molar-refractivity contribution in [2.45, 2.75) is 168 Å². The summed E-state index contributed by atoms with van der Waals surface area (Å²) in [7, 11) is 5.64. The molecule has 0 aliphatic carbocycles. The van der Waals surface area contributed by atoms with Crippen LogP contribution in [0.1, 0.15) is 157 Å². The summed E-state index contributed by atoms with van der Waals surface area (Å²) in [6.45, 7) is 5.06. The number of nitrogens with zero attached hydrogens (tertiary/aromatic N) is 6. The Morgan fingerprint density at radius 1 is 0.403 bits per heavy atom. The van der Waals surface area contributed by atoms with Crippen molar-refractivity contribution in [3.63, 3.8) is 0 Å². The van der Waals surface area contributed by atoms with E-state index in [4.69, 9.17) is 44.0 Å². The summed E-state index contributed by atoms with van der Waals surface area (Å²) in [5.41, 5.74) is -5.33. The monoisotopic (exact) mass is 2020 g/mol. The third kappa shape index (κ3) is 27.4. The molecule has 0 radical (unpaired) electrons. The van der Waals surface area contributed by atoms with Gasteiger partial charge in [0.25, 0.3) is 16.7 Å². The first-order chi connectivity index (χ1) is 66.0. The number of carbonyl (C=O) groups is 3. The number of esters is 2. The zero-order chi connectivity index (χ0) is 102. The van der Waals surface area contributed by atoms with Crippen molar-refractivity contribution in [2.24, 2.45) is 5.73 Å². The highest BCUT2D eigenvalue weighted by molar-refractivity contribution is 9.10. The molecule has 3 unspecified atom stereocenters. The van der Waals surface area contributed by atoms with Crippen LogP contribution in [0.5, 0.6) is 28.7 Å². The fourth-order valence-electron chi connectivity index (χ4n) is 15.4. The number of hydrogen-bond donors (Lipinski definition) is 4. The van der Waals surface area contributed by atoms with Crippen LogP contribution < -0.4 is 73.8 Å². The number of para-hydroxylation sites is 3. The van der Waals surface area contributed by atoms with Gasteiger partial charge in [-0.1, -0.05) is 97.1 Å². The number of halogens is 15. The smallest absolute Gasteiger partial charge is 0.416 e. The first-order valence-electron chi connectivity index (χ1n) is 43.7. The number of carboxylic acid groups (broad SMARTS) is 1. The molecule has 26 nitrogen and oxygen atoms in total. The van der Waals surface area contributed by atoms with E-state index in [9.17, 15) is 91.4 Å². The van der Waals surface area contributed by atoms with Crippen LogP contribution in [0.4, 0.5) is 61.5 Å². The van der Waals surface area contributed by atoms with Crippen LogP contribution in [0.3, 0.4) is 0 Å². The first-order valence-corrected chi connectivity index (χ1v) is 44.4. The number of unbranched alkanes of at least 4 members (excludes halogenated alkanes) is 3. The maximum atomic E-state index is 15.7. The average Bonchev–Trinajstić information content (AvgIpc) is 0.755. The molecule has 0 saturated carbocycles. The minimum Gasteiger partial charge on any atom is -0.494 e. The number of carbonyl (C=O) groups excluding carboxylic acids is 2. The number of methoxy groups -OCH3 is 2. The van der Waals surface area contributed by atoms with Crippen LogP contribution in [-0.4, -0.2) is 112 Å². The lowest BCUT2D eigenvalue weighted by Crippen LogP contribution is -2.44. The van der Waals surface area contributed by atoms with Crippen molar-refractivity contribution in [1.29, 1.82) is 0 Å². The predicted octanol–water partition coefficient (Wildman–Crippen LogP) is 17.4. The molecule has 0 spiro atoms. The van der Waals surface area contributed by atoms with Crippen LogP contribution in [-0.2, 0) is 81.7 Å². The minimum atomic E-state index is -4.97. The Bertz CT molecular complexity index is 6570. The van der Waals surface area contributed by atoms with Crippen molar-refractivity contribution in [3.8, 4) is 51.0 Å². The van der Waals surface area contributed by atoms with Crippen molar-refractivity contribution in [3.05, 3.63) is 327 Å². The summed E-state index contributed by atoms with van der Waals surface area (Å²) in [6, 6.07) is 33.2. The number of nitrogens with one attached hydrogen (secondary N) is 2. The lowest BCUT2D eigenvalue weighted by molar-refractivity contribution is -0.144. The molecule has 41 heteroatoms. The number of likely N-dealkylation sites (N-methyl/N-ethyl adjacent to an activating group) is 2. The van der Waals surface area contributed by atoms with Crippen molar-refractivity contribution in [1.82, 2.24) is 38.0 Å². The van der Waals surface area contributed by atoms with E-state index in [2.05, 4.69) is 26.6 Å². The highest BCUT2D eigenvalue weighted by Gasteiger charge is 2.39. The number of carboxylic acids is 1. The molecule has 0 fully saturated rings. The first kappa shape index (κ1) is 109. The number of rotatable bonds is 41. The lowest BCUT2D eigenvalue weighted by Gasteiger charge is -2.24. The molecule has 0 aliphatic rings. The Labute approximate surface area is 795 Å². The number of aliphatic carboxylic acids is 1. The zero-order valence-corrected chi connectivity index (χ0v) is 78.5. The second-order valence-electron chi connectivity index (χ2n) is 31.4. The molecular formula is C98H102BrF14N9O17. The molecule has 0 saturated heterocycles. The summed E-state index contributed by atoms with van der Waals surface area (Å²) >= 11 is 3.17. The van der Waals surface area contributed by atoms with Gasteiger partial charge in [-0.3, -0.25) is 56.2 Å². The Kier molecular flexibility index (Phi) is 39.1. The molecule has 11 rings (SSSR count). The van der Waals surface area contributed by atoms with E-state index in [-0.39, 0.29) is 119 Å². The molecular weight excluding hydrogens is 1920 g/mol. The number of ether oxygens (including phenoxy) is 7. The van der Waals surface area contributed by atoms with E-state index in [1.54, 1.807) is 101 Å². The van der Waals surface area contributed by atoms with E-state index in [0.717, 1.165) is 65.3 Å². The van der Waals surface area contributed by atoms with E-state index in [0.29, 0.717) is 102 Å². The summed E-state index contributed by atoms with van der Waals surface area (Å²) in [6.07, 6.45) is -11.3. The van der Waals surface area contributed by atoms with Gasteiger partial charge in [-0.2, -0.15) is 39.5 Å². The molecule has 139 heavy (non-hydrogen) atoms. The fraction of sp³-hybridized carbons (Fsp3) is 0.357. The van der Waals surface area contributed by atoms with E-state index < -0.39 is 165 Å². The zero-order valence-electron chi connectivity index (χ0n) is 76.9. The molecule has 0 aliphatic heterocycles. The second-order valence-corrected chi connectivity index (χ2v) is 32.2. The standard InChI is InChI=1S/C36H38F5N3O6.C33H32F5N3O6.C29H32BrF4N3O5/c1-5-49-31(45)18-8-9-19-50-29-16-7-6-12-23(29)28(42-3)21-44-34(46)32(24-13-10-17-30(48-4)33(24)38)22(2)43(35(44)47)20-25-26(36(39,40)41)14-11-15-27(25)37;1-19-29(21-10-7-14-27(46-2)30(21)35)31(44)41(32(45)40(19)17-22-23(33(36,37)38)11-8-12-24(22)34)18-25(39)20-9-3-4-13-26(20)47-16-6-5-15-28(42)43;1-4-41-25(38)14-7-8-15-42-24-13-6-5-10-19(24)23(35-3)17-37-27(39)26(30)18(2)36(28(37)40)16-20-21(29(32,33)34)11-9-12-22(20)31/h6-7,10-17,28,42H,5,8-9,18-21H2,1-4H3;3-4,7-14,25H,5-6,15-18,39H2,1-2H3,(H,42,43);5-6,9-13,23,35H,4,7-8,14-17H2,1-3H3. The average molecular weight is 2020 g/mol. The van der Waals surface area contributed by atoms with E-state index in [1.165, 1.54) is 71.4 Å². The number of nitrogens with two attached hydrogens (primary N) is 1.